The second kappa shape index (κ2) is 11.3. The second-order valence-corrected chi connectivity index (χ2v) is 10.2. The number of benzene rings is 1. The third kappa shape index (κ3) is 5.76. The van der Waals surface area contributed by atoms with Crippen LogP contribution in [0.1, 0.15) is 43.2 Å². The van der Waals surface area contributed by atoms with Crippen molar-refractivity contribution in [1.29, 1.82) is 0 Å². The molecule has 0 fully saturated rings. The summed E-state index contributed by atoms with van der Waals surface area (Å²) in [5.41, 5.74) is 5.66. The fourth-order valence-corrected chi connectivity index (χ4v) is 5.08. The van der Waals surface area contributed by atoms with E-state index < -0.39 is 11.9 Å². The van der Waals surface area contributed by atoms with Gasteiger partial charge < -0.3 is 20.0 Å². The summed E-state index contributed by atoms with van der Waals surface area (Å²) in [6.45, 7) is 10.2. The van der Waals surface area contributed by atoms with E-state index in [1.54, 1.807) is 22.9 Å². The molecule has 0 aliphatic carbocycles. The largest absolute Gasteiger partial charge is 0.478 e. The molecule has 0 atom stereocenters. The number of nitrogens with one attached hydrogen (secondary N) is 2. The SMILES string of the molecule is C=C/C(=C\c1c(-c2ccc(CNC(=O)c3cccn(Cc4ccc(C)c(C)c4)c3=O)s2)c[nH]c1C)C(=O)O. The van der Waals surface area contributed by atoms with Gasteiger partial charge in [0.15, 0.2) is 0 Å². The number of thiophene rings is 1. The highest BCUT2D eigenvalue weighted by Crippen LogP contribution is 2.33. The van der Waals surface area contributed by atoms with Crippen molar-refractivity contribution in [3.63, 3.8) is 0 Å². The molecule has 0 radical (unpaired) electrons. The van der Waals surface area contributed by atoms with E-state index in [0.29, 0.717) is 6.54 Å². The number of H-pyrrole nitrogens is 1. The molecule has 8 heteroatoms. The zero-order valence-corrected chi connectivity index (χ0v) is 22.3. The first-order chi connectivity index (χ1) is 18.2. The summed E-state index contributed by atoms with van der Waals surface area (Å²) in [6.07, 6.45) is 6.43. The molecule has 0 bridgehead atoms. The van der Waals surface area contributed by atoms with Crippen LogP contribution >= 0.6 is 11.3 Å². The minimum absolute atomic E-state index is 0.0902. The van der Waals surface area contributed by atoms with Crippen LogP contribution in [0.25, 0.3) is 16.5 Å². The van der Waals surface area contributed by atoms with Crippen molar-refractivity contribution < 1.29 is 14.7 Å². The highest BCUT2D eigenvalue weighted by Gasteiger charge is 2.15. The number of nitrogens with zero attached hydrogens (tertiary/aromatic N) is 1. The number of carboxylic acid groups (broad SMARTS) is 1. The van der Waals surface area contributed by atoms with Gasteiger partial charge in [0.2, 0.25) is 0 Å². The predicted octanol–water partition coefficient (Wildman–Crippen LogP) is 5.46. The molecule has 3 N–H and O–H groups in total. The lowest BCUT2D eigenvalue weighted by atomic mass is 10.1. The van der Waals surface area contributed by atoms with E-state index in [0.717, 1.165) is 37.7 Å². The number of amides is 1. The monoisotopic (exact) mass is 527 g/mol. The summed E-state index contributed by atoms with van der Waals surface area (Å²) in [6, 6.07) is 13.1. The molecule has 1 aromatic carbocycles. The molecule has 4 rings (SSSR count). The minimum Gasteiger partial charge on any atom is -0.478 e. The van der Waals surface area contributed by atoms with Crippen molar-refractivity contribution in [2.45, 2.75) is 33.9 Å². The van der Waals surface area contributed by atoms with Crippen molar-refractivity contribution in [2.24, 2.45) is 0 Å². The molecule has 0 unspecified atom stereocenters. The number of rotatable bonds is 9. The van der Waals surface area contributed by atoms with Crippen LogP contribution in [0.15, 0.2) is 77.9 Å². The molecular weight excluding hydrogens is 498 g/mol. The Morgan fingerprint density at radius 3 is 2.63 bits per heavy atom. The lowest BCUT2D eigenvalue weighted by molar-refractivity contribution is -0.132. The molecule has 7 nitrogen and oxygen atoms in total. The highest BCUT2D eigenvalue weighted by atomic mass is 32.1. The van der Waals surface area contributed by atoms with Crippen LogP contribution in [0.3, 0.4) is 0 Å². The van der Waals surface area contributed by atoms with Crippen molar-refractivity contribution in [3.05, 3.63) is 122 Å². The van der Waals surface area contributed by atoms with Crippen LogP contribution < -0.4 is 10.9 Å². The molecule has 38 heavy (non-hydrogen) atoms. The number of aryl methyl sites for hydroxylation is 3. The molecule has 194 valence electrons. The summed E-state index contributed by atoms with van der Waals surface area (Å²) < 4.78 is 1.54. The Hall–Kier alpha value is -4.43. The Labute approximate surface area is 224 Å². The average Bonchev–Trinajstić information content (AvgIpc) is 3.50. The van der Waals surface area contributed by atoms with E-state index in [4.69, 9.17) is 0 Å². The standard InChI is InChI=1S/C30H29N3O4S/c1-5-22(30(36)37)14-25-20(4)31-16-26(25)27-11-10-23(38-27)15-32-28(34)24-7-6-12-33(29(24)35)17-21-9-8-18(2)19(3)13-21/h5-14,16,31H,1,15,17H2,2-4H3,(H,32,34)(H,36,37)/b22-14+. The zero-order valence-electron chi connectivity index (χ0n) is 21.5. The molecule has 3 heterocycles. The molecule has 1 amide bonds. The third-order valence-corrected chi connectivity index (χ3v) is 7.55. The highest BCUT2D eigenvalue weighted by molar-refractivity contribution is 7.15. The topological polar surface area (TPSA) is 104 Å². The van der Waals surface area contributed by atoms with Crippen LogP contribution in [0.4, 0.5) is 0 Å². The first kappa shape index (κ1) is 26.6. The summed E-state index contributed by atoms with van der Waals surface area (Å²) >= 11 is 1.48. The van der Waals surface area contributed by atoms with Gasteiger partial charge in [-0.3, -0.25) is 9.59 Å². The van der Waals surface area contributed by atoms with Gasteiger partial charge >= 0.3 is 5.97 Å². The van der Waals surface area contributed by atoms with Crippen LogP contribution in [-0.2, 0) is 17.9 Å². The van der Waals surface area contributed by atoms with Gasteiger partial charge in [0, 0.05) is 39.0 Å². The summed E-state index contributed by atoms with van der Waals surface area (Å²) in [5, 5.41) is 12.2. The van der Waals surface area contributed by atoms with Gasteiger partial charge in [-0.25, -0.2) is 4.79 Å². The van der Waals surface area contributed by atoms with Gasteiger partial charge in [0.05, 0.1) is 18.7 Å². The number of carboxylic acids is 1. The molecule has 0 spiro atoms. The van der Waals surface area contributed by atoms with Crippen molar-refractivity contribution in [3.8, 4) is 10.4 Å². The zero-order chi connectivity index (χ0) is 27.4. The lowest BCUT2D eigenvalue weighted by Gasteiger charge is -2.10. The second-order valence-electron chi connectivity index (χ2n) is 9.07. The molecule has 0 aliphatic heterocycles. The Morgan fingerprint density at radius 1 is 1.13 bits per heavy atom. The lowest BCUT2D eigenvalue weighted by Crippen LogP contribution is -2.32. The maximum atomic E-state index is 13.0. The Morgan fingerprint density at radius 2 is 1.92 bits per heavy atom. The minimum atomic E-state index is -1.05. The fraction of sp³-hybridized carbons (Fsp3) is 0.167. The smallest absolute Gasteiger partial charge is 0.335 e. The van der Waals surface area contributed by atoms with E-state index in [2.05, 4.69) is 22.9 Å². The molecule has 3 aromatic heterocycles. The number of aliphatic carboxylic acids is 1. The number of carbonyl (C=O) groups excluding carboxylic acids is 1. The number of aromatic nitrogens is 2. The predicted molar refractivity (Wildman–Crippen MR) is 152 cm³/mol. The molecule has 0 saturated heterocycles. The Bertz CT molecular complexity index is 1620. The number of pyridine rings is 1. The van der Waals surface area contributed by atoms with E-state index in [-0.39, 0.29) is 23.2 Å². The fourth-order valence-electron chi connectivity index (χ4n) is 4.10. The van der Waals surface area contributed by atoms with E-state index >= 15 is 0 Å². The van der Waals surface area contributed by atoms with Crippen LogP contribution in [0.2, 0.25) is 0 Å². The van der Waals surface area contributed by atoms with Crippen LogP contribution in [0.5, 0.6) is 0 Å². The number of hydrogen-bond donors (Lipinski definition) is 3. The maximum Gasteiger partial charge on any atom is 0.335 e. The Balaban J connectivity index is 1.48. The molecular formula is C30H29N3O4S. The van der Waals surface area contributed by atoms with Gasteiger partial charge in [-0.05, 0) is 67.8 Å². The number of aromatic amines is 1. The van der Waals surface area contributed by atoms with Crippen LogP contribution in [-0.4, -0.2) is 26.5 Å². The van der Waals surface area contributed by atoms with E-state index in [1.807, 2.05) is 51.2 Å². The summed E-state index contributed by atoms with van der Waals surface area (Å²) in [4.78, 5) is 42.3. The van der Waals surface area contributed by atoms with Crippen molar-refractivity contribution in [2.75, 3.05) is 0 Å². The van der Waals surface area contributed by atoms with Crippen molar-refractivity contribution in [1.82, 2.24) is 14.9 Å². The van der Waals surface area contributed by atoms with Crippen LogP contribution in [0, 0.1) is 20.8 Å². The van der Waals surface area contributed by atoms with Gasteiger partial charge in [0.1, 0.15) is 5.56 Å². The molecule has 0 aliphatic rings. The molecule has 4 aromatic rings. The van der Waals surface area contributed by atoms with E-state index in [9.17, 15) is 19.5 Å². The maximum absolute atomic E-state index is 13.0. The van der Waals surface area contributed by atoms with Gasteiger partial charge in [-0.1, -0.05) is 30.9 Å². The number of carbonyl (C=O) groups is 2. The quantitative estimate of drug-likeness (QED) is 0.199. The summed E-state index contributed by atoms with van der Waals surface area (Å²) in [5.74, 6) is -1.48. The van der Waals surface area contributed by atoms with Gasteiger partial charge in [-0.2, -0.15) is 0 Å². The Kier molecular flexibility index (Phi) is 7.93. The summed E-state index contributed by atoms with van der Waals surface area (Å²) in [7, 11) is 0. The van der Waals surface area contributed by atoms with Gasteiger partial charge in [0.25, 0.3) is 11.5 Å². The number of hydrogen-bond acceptors (Lipinski definition) is 4. The molecule has 0 saturated carbocycles. The third-order valence-electron chi connectivity index (χ3n) is 6.43. The first-order valence-corrected chi connectivity index (χ1v) is 12.9. The van der Waals surface area contributed by atoms with E-state index in [1.165, 1.54) is 29.0 Å². The normalized spacial score (nSPS) is 11.4. The van der Waals surface area contributed by atoms with Gasteiger partial charge in [-0.15, -0.1) is 11.3 Å². The van der Waals surface area contributed by atoms with Crippen molar-refractivity contribution >= 4 is 29.3 Å². The first-order valence-electron chi connectivity index (χ1n) is 12.1. The average molecular weight is 528 g/mol.